The van der Waals surface area contributed by atoms with Crippen molar-refractivity contribution in [3.63, 3.8) is 0 Å². The van der Waals surface area contributed by atoms with Crippen LogP contribution >= 0.6 is 15.9 Å². The lowest BCUT2D eigenvalue weighted by Gasteiger charge is -2.13. The topological polar surface area (TPSA) is 37.2 Å². The van der Waals surface area contributed by atoms with Crippen LogP contribution in [0.4, 0.5) is 0 Å². The number of rotatable bonds is 3. The third-order valence-electron chi connectivity index (χ3n) is 2.72. The molecule has 90 valence electrons. The fourth-order valence-electron chi connectivity index (χ4n) is 1.75. The minimum atomic E-state index is 0.266. The number of halogens is 1. The zero-order valence-corrected chi connectivity index (χ0v) is 11.5. The first-order chi connectivity index (χ1) is 8.08. The molecule has 17 heavy (non-hydrogen) atoms. The zero-order chi connectivity index (χ0) is 12.4. The highest BCUT2D eigenvalue weighted by Gasteiger charge is 2.02. The summed E-state index contributed by atoms with van der Waals surface area (Å²) in [7, 11) is 0. The van der Waals surface area contributed by atoms with Gasteiger partial charge in [0.15, 0.2) is 0 Å². The predicted molar refractivity (Wildman–Crippen MR) is 72.8 cm³/mol. The molecular weight excluding hydrogens is 280 g/mol. The van der Waals surface area contributed by atoms with Crippen LogP contribution in [0.15, 0.2) is 34.8 Å². The smallest absolute Gasteiger partial charge is 0.129 e. The van der Waals surface area contributed by atoms with Crippen molar-refractivity contribution in [1.82, 2.24) is 4.68 Å². The molecule has 0 saturated heterocycles. The fourth-order valence-corrected chi connectivity index (χ4v) is 2.17. The van der Waals surface area contributed by atoms with Crippen LogP contribution in [0.25, 0.3) is 0 Å². The second kappa shape index (κ2) is 4.84. The molecule has 0 spiro atoms. The lowest BCUT2D eigenvalue weighted by molar-refractivity contribution is 0.471. The molecule has 1 heterocycles. The number of aromatic nitrogens is 1. The highest BCUT2D eigenvalue weighted by molar-refractivity contribution is 9.10. The van der Waals surface area contributed by atoms with Gasteiger partial charge in [0, 0.05) is 11.4 Å². The van der Waals surface area contributed by atoms with Crippen LogP contribution in [-0.2, 0) is 6.54 Å². The van der Waals surface area contributed by atoms with E-state index in [1.165, 1.54) is 11.4 Å². The van der Waals surface area contributed by atoms with Crippen molar-refractivity contribution in [2.75, 3.05) is 5.43 Å². The van der Waals surface area contributed by atoms with E-state index in [1.54, 1.807) is 6.07 Å². The van der Waals surface area contributed by atoms with Crippen molar-refractivity contribution in [2.45, 2.75) is 20.4 Å². The van der Waals surface area contributed by atoms with Crippen LogP contribution < -0.4 is 5.43 Å². The Bertz CT molecular complexity index is 515. The lowest BCUT2D eigenvalue weighted by atomic mass is 10.2. The van der Waals surface area contributed by atoms with Gasteiger partial charge >= 0.3 is 0 Å². The Balaban J connectivity index is 2.10. The van der Waals surface area contributed by atoms with Gasteiger partial charge in [0.1, 0.15) is 5.75 Å². The number of nitrogens with zero attached hydrogens (tertiary/aromatic N) is 1. The first-order valence-corrected chi connectivity index (χ1v) is 6.23. The first kappa shape index (κ1) is 12.0. The number of hydrogen-bond acceptors (Lipinski definition) is 2. The summed E-state index contributed by atoms with van der Waals surface area (Å²) in [5.41, 5.74) is 6.81. The minimum Gasteiger partial charge on any atom is -0.507 e. The SMILES string of the molecule is Cc1ccc(C)n1NCc1ccc(O)c(Br)c1. The number of benzene rings is 1. The van der Waals surface area contributed by atoms with Gasteiger partial charge < -0.3 is 10.5 Å². The fraction of sp³-hybridized carbons (Fsp3) is 0.231. The molecule has 2 rings (SSSR count). The highest BCUT2D eigenvalue weighted by atomic mass is 79.9. The lowest BCUT2D eigenvalue weighted by Crippen LogP contribution is -2.16. The number of nitrogens with one attached hydrogen (secondary N) is 1. The Morgan fingerprint density at radius 1 is 1.18 bits per heavy atom. The number of aryl methyl sites for hydroxylation is 2. The van der Waals surface area contributed by atoms with E-state index >= 15 is 0 Å². The van der Waals surface area contributed by atoms with Crippen LogP contribution in [0.2, 0.25) is 0 Å². The van der Waals surface area contributed by atoms with Gasteiger partial charge in [-0.1, -0.05) is 6.07 Å². The predicted octanol–water partition coefficient (Wildman–Crippen LogP) is 3.32. The van der Waals surface area contributed by atoms with Gasteiger partial charge in [0.05, 0.1) is 11.0 Å². The molecule has 0 atom stereocenters. The Labute approximate surface area is 109 Å². The molecule has 0 bridgehead atoms. The molecule has 0 fully saturated rings. The van der Waals surface area contributed by atoms with Gasteiger partial charge in [-0.3, -0.25) is 4.68 Å². The first-order valence-electron chi connectivity index (χ1n) is 5.44. The van der Waals surface area contributed by atoms with Crippen LogP contribution in [0.3, 0.4) is 0 Å². The van der Waals surface area contributed by atoms with Gasteiger partial charge in [-0.05, 0) is 59.6 Å². The highest BCUT2D eigenvalue weighted by Crippen LogP contribution is 2.24. The second-order valence-electron chi connectivity index (χ2n) is 4.07. The van der Waals surface area contributed by atoms with Gasteiger partial charge in [0.2, 0.25) is 0 Å². The number of aromatic hydroxyl groups is 1. The largest absolute Gasteiger partial charge is 0.507 e. The molecule has 0 aliphatic heterocycles. The van der Waals surface area contributed by atoms with E-state index in [2.05, 4.69) is 52.0 Å². The van der Waals surface area contributed by atoms with Crippen molar-refractivity contribution >= 4 is 15.9 Å². The molecule has 1 aromatic heterocycles. The standard InChI is InChI=1S/C13H15BrN2O/c1-9-3-4-10(2)16(9)15-8-11-5-6-13(17)12(14)7-11/h3-7,15,17H,8H2,1-2H3. The number of phenolic OH excluding ortho intramolecular Hbond substituents is 1. The number of phenols is 1. The quantitative estimate of drug-likeness (QED) is 0.911. The van der Waals surface area contributed by atoms with Crippen molar-refractivity contribution in [1.29, 1.82) is 0 Å². The summed E-state index contributed by atoms with van der Waals surface area (Å²) >= 11 is 3.31. The van der Waals surface area contributed by atoms with Gasteiger partial charge in [-0.2, -0.15) is 0 Å². The van der Waals surface area contributed by atoms with Crippen LogP contribution in [0.5, 0.6) is 5.75 Å². The minimum absolute atomic E-state index is 0.266. The van der Waals surface area contributed by atoms with E-state index in [1.807, 2.05) is 12.1 Å². The molecular formula is C13H15BrN2O. The molecule has 0 saturated carbocycles. The molecule has 1 aromatic carbocycles. The van der Waals surface area contributed by atoms with Crippen molar-refractivity contribution in [3.8, 4) is 5.75 Å². The maximum absolute atomic E-state index is 9.41. The molecule has 0 unspecified atom stereocenters. The third kappa shape index (κ3) is 2.64. The summed E-state index contributed by atoms with van der Waals surface area (Å²) in [5, 5.41) is 9.41. The maximum Gasteiger partial charge on any atom is 0.129 e. The van der Waals surface area contributed by atoms with E-state index in [9.17, 15) is 5.11 Å². The molecule has 4 heteroatoms. The molecule has 0 radical (unpaired) electrons. The Hall–Kier alpha value is -1.42. The van der Waals surface area contributed by atoms with Crippen molar-refractivity contribution in [2.24, 2.45) is 0 Å². The second-order valence-corrected chi connectivity index (χ2v) is 4.93. The molecule has 2 N–H and O–H groups in total. The monoisotopic (exact) mass is 294 g/mol. The molecule has 0 aliphatic rings. The van der Waals surface area contributed by atoms with Crippen LogP contribution in [-0.4, -0.2) is 9.78 Å². The van der Waals surface area contributed by atoms with E-state index in [-0.39, 0.29) is 5.75 Å². The Morgan fingerprint density at radius 3 is 2.41 bits per heavy atom. The van der Waals surface area contributed by atoms with E-state index in [0.29, 0.717) is 0 Å². The van der Waals surface area contributed by atoms with Crippen LogP contribution in [0.1, 0.15) is 17.0 Å². The summed E-state index contributed by atoms with van der Waals surface area (Å²) in [4.78, 5) is 0. The average molecular weight is 295 g/mol. The molecule has 2 aromatic rings. The Morgan fingerprint density at radius 2 is 1.82 bits per heavy atom. The summed E-state index contributed by atoms with van der Waals surface area (Å²) in [6, 6.07) is 9.67. The number of hydrogen-bond donors (Lipinski definition) is 2. The van der Waals surface area contributed by atoms with E-state index < -0.39 is 0 Å². The molecule has 0 aliphatic carbocycles. The molecule has 3 nitrogen and oxygen atoms in total. The van der Waals surface area contributed by atoms with Crippen LogP contribution in [0, 0.1) is 13.8 Å². The van der Waals surface area contributed by atoms with Gasteiger partial charge in [-0.25, -0.2) is 0 Å². The normalized spacial score (nSPS) is 10.5. The molecule has 0 amide bonds. The van der Waals surface area contributed by atoms with Gasteiger partial charge in [0.25, 0.3) is 0 Å². The summed E-state index contributed by atoms with van der Waals surface area (Å²) in [6.07, 6.45) is 0. The Kier molecular flexibility index (Phi) is 3.43. The van der Waals surface area contributed by atoms with Crippen molar-refractivity contribution in [3.05, 3.63) is 51.8 Å². The van der Waals surface area contributed by atoms with E-state index in [4.69, 9.17) is 0 Å². The average Bonchev–Trinajstić information content (AvgIpc) is 2.61. The zero-order valence-electron chi connectivity index (χ0n) is 9.87. The summed E-state index contributed by atoms with van der Waals surface area (Å²) < 4.78 is 2.78. The summed E-state index contributed by atoms with van der Waals surface area (Å²) in [6.45, 7) is 4.84. The maximum atomic E-state index is 9.41. The summed E-state index contributed by atoms with van der Waals surface area (Å²) in [5.74, 6) is 0.266. The van der Waals surface area contributed by atoms with Crippen molar-refractivity contribution < 1.29 is 5.11 Å². The van der Waals surface area contributed by atoms with Gasteiger partial charge in [-0.15, -0.1) is 0 Å². The third-order valence-corrected chi connectivity index (χ3v) is 3.36. The van der Waals surface area contributed by atoms with E-state index in [0.717, 1.165) is 16.6 Å².